The molecule has 5 rings (SSSR count). The summed E-state index contributed by atoms with van der Waals surface area (Å²) in [5, 5.41) is 44.5. The van der Waals surface area contributed by atoms with E-state index in [1.54, 1.807) is 18.2 Å². The second-order valence-electron chi connectivity index (χ2n) is 10.9. The van der Waals surface area contributed by atoms with E-state index in [4.69, 9.17) is 5.73 Å². The second-order valence-corrected chi connectivity index (χ2v) is 10.9. The number of aliphatic hydroxyl groups excluding tert-OH is 2. The number of fused-ring (bicyclic) bond motifs is 3. The lowest BCUT2D eigenvalue weighted by Gasteiger charge is -2.50. The highest BCUT2D eigenvalue weighted by Gasteiger charge is 2.64. The van der Waals surface area contributed by atoms with Gasteiger partial charge in [0.1, 0.15) is 22.8 Å². The molecule has 12 heteroatoms. The first-order chi connectivity index (χ1) is 19.6. The zero-order chi connectivity index (χ0) is 30.9. The number of phenolic OH excluding ortho intramolecular Hbond substituents is 1. The Morgan fingerprint density at radius 3 is 2.26 bits per heavy atom. The van der Waals surface area contributed by atoms with E-state index in [2.05, 4.69) is 0 Å². The van der Waals surface area contributed by atoms with Gasteiger partial charge in [-0.25, -0.2) is 0 Å². The van der Waals surface area contributed by atoms with Crippen LogP contribution in [0, 0.1) is 11.8 Å². The first-order valence-corrected chi connectivity index (χ1v) is 12.9. The van der Waals surface area contributed by atoms with Crippen LogP contribution >= 0.6 is 0 Å². The molecule has 6 N–H and O–H groups in total. The number of rotatable bonds is 4. The summed E-state index contributed by atoms with van der Waals surface area (Å²) in [5.74, 6) is -7.42. The predicted molar refractivity (Wildman–Crippen MR) is 145 cm³/mol. The van der Waals surface area contributed by atoms with Gasteiger partial charge in [-0.05, 0) is 67.7 Å². The number of primary amides is 1. The number of carbonyl (C=O) groups excluding carboxylic acids is 3. The molecule has 3 aliphatic rings. The minimum Gasteiger partial charge on any atom is -0.508 e. The quantitative estimate of drug-likeness (QED) is 0.271. The number of carbonyl (C=O) groups is 3. The smallest absolute Gasteiger partial charge is 0.416 e. The summed E-state index contributed by atoms with van der Waals surface area (Å²) < 4.78 is 38.8. The Bertz CT molecular complexity index is 1620. The largest absolute Gasteiger partial charge is 0.508 e. The highest BCUT2D eigenvalue weighted by molar-refractivity contribution is 6.24. The fourth-order valence-corrected chi connectivity index (χ4v) is 6.39. The molecule has 42 heavy (non-hydrogen) atoms. The number of nitrogens with two attached hydrogens (primary N) is 1. The number of benzene rings is 2. The van der Waals surface area contributed by atoms with Gasteiger partial charge >= 0.3 is 6.18 Å². The van der Waals surface area contributed by atoms with E-state index in [0.717, 1.165) is 12.1 Å². The van der Waals surface area contributed by atoms with E-state index in [1.165, 1.54) is 37.2 Å². The van der Waals surface area contributed by atoms with Crippen molar-refractivity contribution in [3.8, 4) is 5.75 Å². The van der Waals surface area contributed by atoms with Crippen LogP contribution in [0.2, 0.25) is 0 Å². The van der Waals surface area contributed by atoms with Crippen molar-refractivity contribution in [3.63, 3.8) is 0 Å². The Hall–Kier alpha value is -4.42. The molecule has 220 valence electrons. The maximum absolute atomic E-state index is 13.9. The number of alkyl halides is 3. The van der Waals surface area contributed by atoms with Gasteiger partial charge < -0.3 is 26.2 Å². The SMILES string of the molecule is CN(C)[C@@H]1C(=O)C(C(N)=O)=C(O)[C@@]2(O)C(=O)C3=C(O)c4c(O)ccc(/C=C/c5ccc(C(F)(F)F)cc5)c4C[C@H]3C[C@@H]12. The number of Topliss-reactive ketones (excluding diaryl/α,β-unsaturated/α-hetero) is 2. The summed E-state index contributed by atoms with van der Waals surface area (Å²) in [6.45, 7) is 0. The minimum atomic E-state index is -4.48. The van der Waals surface area contributed by atoms with Crippen LogP contribution in [0.25, 0.3) is 17.9 Å². The molecular weight excluding hydrogens is 557 g/mol. The minimum absolute atomic E-state index is 0.0660. The normalized spacial score (nSPS) is 26.0. The first-order valence-electron chi connectivity index (χ1n) is 12.9. The van der Waals surface area contributed by atoms with Gasteiger partial charge in [-0.3, -0.25) is 19.3 Å². The summed E-state index contributed by atoms with van der Waals surface area (Å²) in [5.41, 5.74) is 1.93. The van der Waals surface area contributed by atoms with Crippen molar-refractivity contribution in [2.75, 3.05) is 14.1 Å². The van der Waals surface area contributed by atoms with Crippen molar-refractivity contribution in [2.24, 2.45) is 17.6 Å². The van der Waals surface area contributed by atoms with Crippen molar-refractivity contribution in [1.29, 1.82) is 0 Å². The summed E-state index contributed by atoms with van der Waals surface area (Å²) in [7, 11) is 3.02. The molecule has 1 fully saturated rings. The van der Waals surface area contributed by atoms with E-state index in [1.807, 2.05) is 0 Å². The summed E-state index contributed by atoms with van der Waals surface area (Å²) in [4.78, 5) is 40.6. The molecule has 0 aromatic heterocycles. The molecule has 1 saturated carbocycles. The molecule has 0 heterocycles. The van der Waals surface area contributed by atoms with Gasteiger partial charge in [0.25, 0.3) is 5.91 Å². The van der Waals surface area contributed by atoms with E-state index >= 15 is 0 Å². The van der Waals surface area contributed by atoms with Gasteiger partial charge in [-0.1, -0.05) is 30.4 Å². The zero-order valence-electron chi connectivity index (χ0n) is 22.4. The molecule has 2 aromatic carbocycles. The zero-order valence-corrected chi connectivity index (χ0v) is 22.4. The van der Waals surface area contributed by atoms with Crippen LogP contribution in [0.5, 0.6) is 5.75 Å². The monoisotopic (exact) mass is 584 g/mol. The second kappa shape index (κ2) is 9.85. The fraction of sp³-hybridized carbons (Fsp3) is 0.300. The van der Waals surface area contributed by atoms with Gasteiger partial charge in [-0.2, -0.15) is 13.2 Å². The number of hydrogen-bond acceptors (Lipinski definition) is 8. The third kappa shape index (κ3) is 4.29. The number of amides is 1. The average molecular weight is 585 g/mol. The van der Waals surface area contributed by atoms with Crippen LogP contribution in [-0.4, -0.2) is 68.5 Å². The highest BCUT2D eigenvalue weighted by atomic mass is 19.4. The summed E-state index contributed by atoms with van der Waals surface area (Å²) in [6, 6.07) is 6.11. The maximum Gasteiger partial charge on any atom is 0.416 e. The van der Waals surface area contributed by atoms with E-state index in [9.17, 15) is 48.0 Å². The van der Waals surface area contributed by atoms with Crippen LogP contribution in [0.1, 0.15) is 34.2 Å². The Balaban J connectivity index is 1.61. The van der Waals surface area contributed by atoms with Crippen molar-refractivity contribution in [3.05, 3.63) is 81.1 Å². The van der Waals surface area contributed by atoms with Gasteiger partial charge in [0.15, 0.2) is 11.4 Å². The molecule has 0 radical (unpaired) electrons. The van der Waals surface area contributed by atoms with E-state index in [0.29, 0.717) is 16.7 Å². The number of likely N-dealkylation sites (N-methyl/N-ethyl adjacent to an activating group) is 1. The van der Waals surface area contributed by atoms with Crippen molar-refractivity contribution in [2.45, 2.75) is 30.7 Å². The lowest BCUT2D eigenvalue weighted by molar-refractivity contribution is -0.153. The first kappa shape index (κ1) is 29.1. The molecule has 0 spiro atoms. The van der Waals surface area contributed by atoms with Crippen molar-refractivity contribution >= 4 is 35.4 Å². The predicted octanol–water partition coefficient (Wildman–Crippen LogP) is 3.15. The molecule has 4 atom stereocenters. The number of hydrogen-bond donors (Lipinski definition) is 5. The van der Waals surface area contributed by atoms with Crippen LogP contribution in [-0.2, 0) is 27.0 Å². The number of phenols is 1. The Kier molecular flexibility index (Phi) is 6.82. The molecule has 2 aromatic rings. The standard InChI is InChI=1S/C30H27F3N2O7/c1-35(2)23-18-12-15-11-17-14(6-3-13-4-8-16(9-5-13)30(31,32)33)7-10-19(36)21(17)24(37)20(15)26(39)29(18,42)27(40)22(25(23)38)28(34)41/h3-10,15,18,23,36-37,40,42H,11-12H2,1-2H3,(H2,34,41)/b6-3+/t15-,18-,23-,29-/m0/s1. The molecule has 1 amide bonds. The Labute approximate surface area is 237 Å². The van der Waals surface area contributed by atoms with Crippen LogP contribution < -0.4 is 5.73 Å². The Morgan fingerprint density at radius 1 is 1.05 bits per heavy atom. The summed E-state index contributed by atoms with van der Waals surface area (Å²) >= 11 is 0. The third-order valence-electron chi connectivity index (χ3n) is 8.33. The number of aliphatic hydroxyl groups is 3. The molecule has 0 aliphatic heterocycles. The van der Waals surface area contributed by atoms with Crippen molar-refractivity contribution < 1.29 is 48.0 Å². The van der Waals surface area contributed by atoms with Crippen LogP contribution in [0.15, 0.2) is 53.3 Å². The molecular formula is C30H27F3N2O7. The average Bonchev–Trinajstić information content (AvgIpc) is 2.89. The summed E-state index contributed by atoms with van der Waals surface area (Å²) in [6.07, 6.45) is -1.31. The lowest BCUT2D eigenvalue weighted by Crippen LogP contribution is -2.65. The van der Waals surface area contributed by atoms with Gasteiger partial charge in [0.2, 0.25) is 5.78 Å². The van der Waals surface area contributed by atoms with Crippen molar-refractivity contribution in [1.82, 2.24) is 4.90 Å². The fourth-order valence-electron chi connectivity index (χ4n) is 6.39. The van der Waals surface area contributed by atoms with Crippen LogP contribution in [0.4, 0.5) is 13.2 Å². The van der Waals surface area contributed by atoms with Gasteiger partial charge in [0, 0.05) is 11.5 Å². The maximum atomic E-state index is 13.9. The number of aromatic hydroxyl groups is 1. The van der Waals surface area contributed by atoms with Gasteiger partial charge in [0.05, 0.1) is 17.2 Å². The van der Waals surface area contributed by atoms with E-state index in [-0.39, 0.29) is 29.7 Å². The number of ketones is 2. The molecule has 9 nitrogen and oxygen atoms in total. The number of nitrogens with zero attached hydrogens (tertiary/aromatic N) is 1. The lowest BCUT2D eigenvalue weighted by atomic mass is 9.57. The molecule has 0 saturated heterocycles. The van der Waals surface area contributed by atoms with E-state index < -0.39 is 69.8 Å². The molecule has 0 bridgehead atoms. The number of halogens is 3. The van der Waals surface area contributed by atoms with Gasteiger partial charge in [-0.15, -0.1) is 0 Å². The molecule has 0 unspecified atom stereocenters. The molecule has 3 aliphatic carbocycles. The van der Waals surface area contributed by atoms with Crippen LogP contribution in [0.3, 0.4) is 0 Å². The topological polar surface area (TPSA) is 161 Å². The highest BCUT2D eigenvalue weighted by Crippen LogP contribution is 2.53. The third-order valence-corrected chi connectivity index (χ3v) is 8.33. The Morgan fingerprint density at radius 2 is 1.69 bits per heavy atom.